The van der Waals surface area contributed by atoms with E-state index in [0.29, 0.717) is 6.42 Å². The highest BCUT2D eigenvalue weighted by Crippen LogP contribution is 1.92. The molecule has 1 unspecified atom stereocenters. The number of rotatable bonds is 2. The van der Waals surface area contributed by atoms with Crippen molar-refractivity contribution in [3.8, 4) is 11.8 Å². The first-order valence-electron chi connectivity index (χ1n) is 2.58. The molecule has 0 saturated heterocycles. The van der Waals surface area contributed by atoms with Gasteiger partial charge in [-0.1, -0.05) is 6.92 Å². The second kappa shape index (κ2) is 4.39. The molecular weight excluding hydrogens is 100 g/mol. The fraction of sp³-hybridized carbons (Fsp3) is 0.571. The molecule has 1 radical (unpaired) electrons. The van der Waals surface area contributed by atoms with Crippen molar-refractivity contribution < 1.29 is 4.79 Å². The van der Waals surface area contributed by atoms with Crippen molar-refractivity contribution >= 4 is 6.29 Å². The summed E-state index contributed by atoms with van der Waals surface area (Å²) in [5, 5.41) is 0. The molecule has 0 aliphatic carbocycles. The number of hydrogen-bond donors (Lipinski definition) is 0. The van der Waals surface area contributed by atoms with Crippen LogP contribution in [0.2, 0.25) is 0 Å². The Morgan fingerprint density at radius 3 is 2.62 bits per heavy atom. The summed E-state index contributed by atoms with van der Waals surface area (Å²) in [6.45, 7) is 3.56. The second-order valence-corrected chi connectivity index (χ2v) is 1.65. The van der Waals surface area contributed by atoms with Crippen LogP contribution in [0.15, 0.2) is 0 Å². The summed E-state index contributed by atoms with van der Waals surface area (Å²) in [7, 11) is 0. The maximum Gasteiger partial charge on any atom is 0.202 e. The van der Waals surface area contributed by atoms with E-state index in [0.717, 1.165) is 0 Å². The van der Waals surface area contributed by atoms with E-state index in [9.17, 15) is 4.79 Å². The molecule has 0 bridgehead atoms. The number of carbonyl (C=O) groups excluding carboxylic acids is 1. The molecule has 1 heteroatoms. The Labute approximate surface area is 50.1 Å². The zero-order chi connectivity index (χ0) is 6.41. The highest BCUT2D eigenvalue weighted by molar-refractivity contribution is 5.54. The summed E-state index contributed by atoms with van der Waals surface area (Å²) in [6, 6.07) is 0. The van der Waals surface area contributed by atoms with E-state index < -0.39 is 0 Å². The van der Waals surface area contributed by atoms with Crippen molar-refractivity contribution in [1.82, 2.24) is 0 Å². The second-order valence-electron chi connectivity index (χ2n) is 1.65. The predicted octanol–water partition coefficient (Wildman–Crippen LogP) is 1.15. The van der Waals surface area contributed by atoms with E-state index in [1.54, 1.807) is 13.8 Å². The maximum atomic E-state index is 9.82. The molecule has 0 saturated carbocycles. The van der Waals surface area contributed by atoms with Crippen molar-refractivity contribution in [3.63, 3.8) is 0 Å². The Bertz CT molecular complexity index is 116. The summed E-state index contributed by atoms with van der Waals surface area (Å²) >= 11 is 0. The van der Waals surface area contributed by atoms with Crippen molar-refractivity contribution in [2.75, 3.05) is 0 Å². The Kier molecular flexibility index (Phi) is 3.97. The molecule has 0 aliphatic rings. The lowest BCUT2D eigenvalue weighted by Gasteiger charge is -1.88. The molecule has 0 N–H and O–H groups in total. The predicted molar refractivity (Wildman–Crippen MR) is 32.9 cm³/mol. The lowest BCUT2D eigenvalue weighted by Crippen LogP contribution is -1.91. The topological polar surface area (TPSA) is 17.1 Å². The maximum absolute atomic E-state index is 9.82. The summed E-state index contributed by atoms with van der Waals surface area (Å²) in [5.74, 6) is 5.46. The standard InChI is InChI=1S/C7H9O/c1-3-4-5-7(2)6-8/h7H,5H2,1-2H3. The van der Waals surface area contributed by atoms with Crippen LogP contribution in [0.5, 0.6) is 0 Å². The van der Waals surface area contributed by atoms with Gasteiger partial charge >= 0.3 is 0 Å². The van der Waals surface area contributed by atoms with Crippen LogP contribution >= 0.6 is 0 Å². The highest BCUT2D eigenvalue weighted by Gasteiger charge is 1.94. The third kappa shape index (κ3) is 3.42. The van der Waals surface area contributed by atoms with Crippen molar-refractivity contribution in [1.29, 1.82) is 0 Å². The van der Waals surface area contributed by atoms with E-state index in [2.05, 4.69) is 11.8 Å². The Balaban J connectivity index is 3.33. The van der Waals surface area contributed by atoms with Crippen LogP contribution in [0.3, 0.4) is 0 Å². The first-order chi connectivity index (χ1) is 3.81. The average Bonchev–Trinajstić information content (AvgIpc) is 1.83. The van der Waals surface area contributed by atoms with E-state index in [-0.39, 0.29) is 5.92 Å². The third-order valence-electron chi connectivity index (χ3n) is 0.786. The van der Waals surface area contributed by atoms with Gasteiger partial charge in [0.15, 0.2) is 0 Å². The van der Waals surface area contributed by atoms with E-state index in [4.69, 9.17) is 0 Å². The van der Waals surface area contributed by atoms with Gasteiger partial charge in [0.05, 0.1) is 0 Å². The third-order valence-corrected chi connectivity index (χ3v) is 0.786. The Morgan fingerprint density at radius 1 is 1.62 bits per heavy atom. The first-order valence-corrected chi connectivity index (χ1v) is 2.58. The molecule has 0 rings (SSSR count). The Morgan fingerprint density at radius 2 is 2.25 bits per heavy atom. The lowest BCUT2D eigenvalue weighted by atomic mass is 10.1. The van der Waals surface area contributed by atoms with E-state index >= 15 is 0 Å². The smallest absolute Gasteiger partial charge is 0.202 e. The van der Waals surface area contributed by atoms with Gasteiger partial charge in [-0.3, -0.25) is 4.79 Å². The minimum atomic E-state index is -0.0255. The minimum Gasteiger partial charge on any atom is -0.291 e. The van der Waals surface area contributed by atoms with Crippen LogP contribution in [-0.2, 0) is 4.79 Å². The summed E-state index contributed by atoms with van der Waals surface area (Å²) in [6.07, 6.45) is 2.49. The molecule has 43 valence electrons. The van der Waals surface area contributed by atoms with Crippen molar-refractivity contribution in [2.45, 2.75) is 20.3 Å². The molecule has 0 spiro atoms. The van der Waals surface area contributed by atoms with Gasteiger partial charge in [0.1, 0.15) is 0 Å². The van der Waals surface area contributed by atoms with Gasteiger partial charge in [0.2, 0.25) is 6.29 Å². The van der Waals surface area contributed by atoms with Crippen LogP contribution < -0.4 is 0 Å². The molecule has 0 aromatic heterocycles. The molecule has 0 heterocycles. The van der Waals surface area contributed by atoms with Gasteiger partial charge in [0, 0.05) is 12.3 Å². The molecule has 0 aromatic carbocycles. The SMILES string of the molecule is CC#CCC(C)[C]=O. The van der Waals surface area contributed by atoms with Crippen LogP contribution in [0, 0.1) is 17.8 Å². The van der Waals surface area contributed by atoms with Gasteiger partial charge in [-0.05, 0) is 6.92 Å². The summed E-state index contributed by atoms with van der Waals surface area (Å²) in [4.78, 5) is 9.82. The molecule has 0 aliphatic heterocycles. The van der Waals surface area contributed by atoms with Crippen LogP contribution in [-0.4, -0.2) is 6.29 Å². The molecule has 1 nitrogen and oxygen atoms in total. The summed E-state index contributed by atoms with van der Waals surface area (Å²) in [5.41, 5.74) is 0. The monoisotopic (exact) mass is 109 g/mol. The van der Waals surface area contributed by atoms with Crippen LogP contribution in [0.25, 0.3) is 0 Å². The average molecular weight is 109 g/mol. The molecule has 0 aromatic rings. The minimum absolute atomic E-state index is 0.0255. The van der Waals surface area contributed by atoms with Crippen LogP contribution in [0.1, 0.15) is 20.3 Å². The fourth-order valence-electron chi connectivity index (χ4n) is 0.297. The zero-order valence-corrected chi connectivity index (χ0v) is 5.19. The molecule has 1 atom stereocenters. The van der Waals surface area contributed by atoms with Gasteiger partial charge in [0.25, 0.3) is 0 Å². The molecule has 0 amide bonds. The van der Waals surface area contributed by atoms with Crippen molar-refractivity contribution in [3.05, 3.63) is 0 Å². The first kappa shape index (κ1) is 7.23. The van der Waals surface area contributed by atoms with Crippen LogP contribution in [0.4, 0.5) is 0 Å². The van der Waals surface area contributed by atoms with Gasteiger partial charge in [-0.25, -0.2) is 0 Å². The van der Waals surface area contributed by atoms with Gasteiger partial charge < -0.3 is 0 Å². The zero-order valence-electron chi connectivity index (χ0n) is 5.19. The van der Waals surface area contributed by atoms with E-state index in [1.807, 2.05) is 6.29 Å². The molecule has 0 fully saturated rings. The van der Waals surface area contributed by atoms with Gasteiger partial charge in [-0.2, -0.15) is 0 Å². The number of hydrogen-bond acceptors (Lipinski definition) is 1. The van der Waals surface area contributed by atoms with E-state index in [1.165, 1.54) is 0 Å². The van der Waals surface area contributed by atoms with Crippen molar-refractivity contribution in [2.24, 2.45) is 5.92 Å². The lowest BCUT2D eigenvalue weighted by molar-refractivity contribution is 0.531. The normalized spacial score (nSPS) is 11.2. The highest BCUT2D eigenvalue weighted by atomic mass is 16.1. The Hall–Kier alpha value is -0.770. The molecular formula is C7H9O. The largest absolute Gasteiger partial charge is 0.291 e. The quantitative estimate of drug-likeness (QED) is 0.486. The molecule has 8 heavy (non-hydrogen) atoms. The fourth-order valence-corrected chi connectivity index (χ4v) is 0.297. The van der Waals surface area contributed by atoms with Gasteiger partial charge in [-0.15, -0.1) is 11.8 Å². The summed E-state index contributed by atoms with van der Waals surface area (Å²) < 4.78 is 0.